The van der Waals surface area contributed by atoms with E-state index in [9.17, 15) is 0 Å². The standard InChI is InChI=1S/C46H90N2.2ClH/c1-6-8-10-12-14-16-18-20-22-24-26-28-30-33-37-45(38-34-31-29-27-25-23-21-19-17-15-13-11-9-7-2)46-39-42-47(43-40-46)41-35-32-36-44-48(3,4)5;;/h39-40,42-43,45H,6-38,41,44H2,1-5H3;2*1H/q+2;;/p-2. The maximum atomic E-state index is 2.48. The Labute approximate surface area is 328 Å². The molecule has 0 spiro atoms. The van der Waals surface area contributed by atoms with Crippen molar-refractivity contribution in [2.45, 2.75) is 238 Å². The maximum absolute atomic E-state index is 2.48. The van der Waals surface area contributed by atoms with Gasteiger partial charge < -0.3 is 29.3 Å². The van der Waals surface area contributed by atoms with E-state index in [1.807, 2.05) is 0 Å². The lowest BCUT2D eigenvalue weighted by Gasteiger charge is -2.23. The fraction of sp³-hybridized carbons (Fsp3) is 0.891. The lowest BCUT2D eigenvalue weighted by Crippen LogP contribution is -3.00. The zero-order valence-electron chi connectivity index (χ0n) is 34.8. The highest BCUT2D eigenvalue weighted by molar-refractivity contribution is 5.13. The molecule has 0 aliphatic rings. The van der Waals surface area contributed by atoms with E-state index >= 15 is 0 Å². The van der Waals surface area contributed by atoms with E-state index in [1.54, 1.807) is 5.56 Å². The third-order valence-electron chi connectivity index (χ3n) is 10.9. The number of unbranched alkanes of at least 4 members (excludes halogenated alkanes) is 28. The molecular formula is C46H90Cl2N2. The van der Waals surface area contributed by atoms with Crippen molar-refractivity contribution in [2.24, 2.45) is 0 Å². The van der Waals surface area contributed by atoms with E-state index < -0.39 is 0 Å². The molecule has 298 valence electrons. The molecule has 0 aliphatic heterocycles. The van der Waals surface area contributed by atoms with Crippen molar-refractivity contribution in [2.75, 3.05) is 27.7 Å². The molecule has 0 N–H and O–H groups in total. The number of hydrogen-bond donors (Lipinski definition) is 0. The summed E-state index contributed by atoms with van der Waals surface area (Å²) in [7, 11) is 6.92. The van der Waals surface area contributed by atoms with Crippen LogP contribution in [0, 0.1) is 0 Å². The van der Waals surface area contributed by atoms with Crippen LogP contribution < -0.4 is 29.4 Å². The molecule has 1 aromatic rings. The molecule has 0 saturated carbocycles. The van der Waals surface area contributed by atoms with E-state index in [2.05, 4.69) is 64.1 Å². The highest BCUT2D eigenvalue weighted by Gasteiger charge is 2.14. The van der Waals surface area contributed by atoms with Gasteiger partial charge in [0.2, 0.25) is 0 Å². The van der Waals surface area contributed by atoms with E-state index in [0.29, 0.717) is 0 Å². The van der Waals surface area contributed by atoms with Gasteiger partial charge in [-0.05, 0) is 37.2 Å². The Kier molecular flexibility index (Phi) is 39.8. The fourth-order valence-corrected chi connectivity index (χ4v) is 7.60. The predicted octanol–water partition coefficient (Wildman–Crippen LogP) is 8.69. The summed E-state index contributed by atoms with van der Waals surface area (Å²) in [6.45, 7) is 7.08. The number of rotatable bonds is 37. The third kappa shape index (κ3) is 34.8. The van der Waals surface area contributed by atoms with Crippen LogP contribution in [0.15, 0.2) is 24.5 Å². The number of aryl methyl sites for hydroxylation is 1. The van der Waals surface area contributed by atoms with Crippen LogP contribution in [0.5, 0.6) is 0 Å². The van der Waals surface area contributed by atoms with E-state index in [0.717, 1.165) is 10.4 Å². The number of hydrogen-bond acceptors (Lipinski definition) is 0. The second-order valence-electron chi connectivity index (χ2n) is 16.9. The van der Waals surface area contributed by atoms with E-state index in [1.165, 1.54) is 225 Å². The Morgan fingerprint density at radius 1 is 0.420 bits per heavy atom. The molecule has 2 nitrogen and oxygen atoms in total. The van der Waals surface area contributed by atoms with Crippen molar-refractivity contribution in [3.63, 3.8) is 0 Å². The van der Waals surface area contributed by atoms with Gasteiger partial charge >= 0.3 is 0 Å². The number of halogens is 2. The summed E-state index contributed by atoms with van der Waals surface area (Å²) in [5, 5.41) is 0. The van der Waals surface area contributed by atoms with Crippen LogP contribution in [-0.2, 0) is 6.54 Å². The highest BCUT2D eigenvalue weighted by Crippen LogP contribution is 2.28. The van der Waals surface area contributed by atoms with Crippen molar-refractivity contribution in [3.8, 4) is 0 Å². The second-order valence-corrected chi connectivity index (χ2v) is 16.9. The average Bonchev–Trinajstić information content (AvgIpc) is 3.07. The minimum Gasteiger partial charge on any atom is -1.00 e. The molecule has 0 bridgehead atoms. The number of nitrogens with zero attached hydrogens (tertiary/aromatic N) is 2. The van der Waals surface area contributed by atoms with Crippen LogP contribution in [-0.4, -0.2) is 32.2 Å². The quantitative estimate of drug-likeness (QED) is 0.0365. The Bertz CT molecular complexity index is 743. The van der Waals surface area contributed by atoms with Gasteiger partial charge in [0.25, 0.3) is 0 Å². The van der Waals surface area contributed by atoms with Gasteiger partial charge in [0.1, 0.15) is 6.54 Å². The molecule has 0 unspecified atom stereocenters. The van der Waals surface area contributed by atoms with Crippen molar-refractivity contribution in [1.29, 1.82) is 0 Å². The molecule has 4 heteroatoms. The molecular weight excluding hydrogens is 651 g/mol. The molecule has 1 heterocycles. The van der Waals surface area contributed by atoms with Gasteiger partial charge in [0.05, 0.1) is 27.7 Å². The zero-order chi connectivity index (χ0) is 34.8. The summed E-state index contributed by atoms with van der Waals surface area (Å²) in [4.78, 5) is 0. The molecule has 0 aromatic carbocycles. The van der Waals surface area contributed by atoms with Crippen molar-refractivity contribution in [1.82, 2.24) is 0 Å². The average molecular weight is 742 g/mol. The predicted molar refractivity (Wildman–Crippen MR) is 216 cm³/mol. The van der Waals surface area contributed by atoms with Gasteiger partial charge in [0, 0.05) is 18.6 Å². The summed E-state index contributed by atoms with van der Waals surface area (Å²) in [5.41, 5.74) is 1.61. The first-order valence-electron chi connectivity index (χ1n) is 22.3. The molecule has 0 aliphatic carbocycles. The lowest BCUT2D eigenvalue weighted by molar-refractivity contribution is -0.870. The van der Waals surface area contributed by atoms with Crippen LogP contribution in [0.2, 0.25) is 0 Å². The highest BCUT2D eigenvalue weighted by atomic mass is 35.5. The molecule has 50 heavy (non-hydrogen) atoms. The first kappa shape index (κ1) is 51.8. The van der Waals surface area contributed by atoms with Crippen LogP contribution in [0.3, 0.4) is 0 Å². The molecule has 0 amide bonds. The summed E-state index contributed by atoms with van der Waals surface area (Å²) >= 11 is 0. The van der Waals surface area contributed by atoms with Gasteiger partial charge in [-0.1, -0.05) is 194 Å². The smallest absolute Gasteiger partial charge is 0.169 e. The summed E-state index contributed by atoms with van der Waals surface area (Å²) in [6, 6.07) is 4.95. The third-order valence-corrected chi connectivity index (χ3v) is 10.9. The van der Waals surface area contributed by atoms with Crippen molar-refractivity contribution in [3.05, 3.63) is 30.1 Å². The Morgan fingerprint density at radius 2 is 0.720 bits per heavy atom. The van der Waals surface area contributed by atoms with Crippen molar-refractivity contribution < 1.29 is 33.9 Å². The van der Waals surface area contributed by atoms with Crippen LogP contribution in [0.4, 0.5) is 0 Å². The molecule has 0 atom stereocenters. The van der Waals surface area contributed by atoms with Gasteiger partial charge in [-0.15, -0.1) is 0 Å². The fourth-order valence-electron chi connectivity index (χ4n) is 7.60. The van der Waals surface area contributed by atoms with Crippen LogP contribution >= 0.6 is 0 Å². The summed E-state index contributed by atoms with van der Waals surface area (Å²) in [6.07, 6.45) is 52.2. The van der Waals surface area contributed by atoms with Gasteiger partial charge in [0.15, 0.2) is 12.4 Å². The molecule has 0 fully saturated rings. The summed E-state index contributed by atoms with van der Waals surface area (Å²) < 4.78 is 3.52. The largest absolute Gasteiger partial charge is 1.00 e. The van der Waals surface area contributed by atoms with Crippen molar-refractivity contribution >= 4 is 0 Å². The normalized spacial score (nSPS) is 11.6. The minimum absolute atomic E-state index is 0. The Morgan fingerprint density at radius 3 is 1.04 bits per heavy atom. The van der Waals surface area contributed by atoms with Crippen LogP contribution in [0.25, 0.3) is 0 Å². The van der Waals surface area contributed by atoms with E-state index in [-0.39, 0.29) is 24.8 Å². The van der Waals surface area contributed by atoms with E-state index in [4.69, 9.17) is 0 Å². The summed E-state index contributed by atoms with van der Waals surface area (Å²) in [5.74, 6) is 0.763. The van der Waals surface area contributed by atoms with Gasteiger partial charge in [-0.2, -0.15) is 0 Å². The Balaban J connectivity index is 0. The first-order chi connectivity index (χ1) is 23.5. The second kappa shape index (κ2) is 38.4. The first-order valence-corrected chi connectivity index (χ1v) is 22.3. The zero-order valence-corrected chi connectivity index (χ0v) is 36.3. The number of aromatic nitrogens is 1. The number of quaternary nitrogens is 1. The lowest BCUT2D eigenvalue weighted by atomic mass is 9.88. The minimum atomic E-state index is 0. The molecule has 0 radical (unpaired) electrons. The maximum Gasteiger partial charge on any atom is 0.169 e. The van der Waals surface area contributed by atoms with Gasteiger partial charge in [-0.25, -0.2) is 4.57 Å². The number of pyridine rings is 1. The molecule has 1 rings (SSSR count). The van der Waals surface area contributed by atoms with Crippen LogP contribution in [0.1, 0.15) is 237 Å². The SMILES string of the molecule is CCCCCCCCCCCCCCCCC(CCCCCCCCCCCCCCCC)c1cc[n+](CCCCC[N+](C)(C)C)cc1.[Cl-].[Cl-]. The van der Waals surface area contributed by atoms with Gasteiger partial charge in [-0.3, -0.25) is 0 Å². The molecule has 1 aromatic heterocycles. The Hall–Kier alpha value is -0.310. The monoisotopic (exact) mass is 741 g/mol. The topological polar surface area (TPSA) is 3.88 Å². The molecule has 0 saturated heterocycles.